The maximum atomic E-state index is 14.2. The molecule has 2 heteroatoms. The zero-order valence-corrected chi connectivity index (χ0v) is 13.1. The van der Waals surface area contributed by atoms with Crippen LogP contribution in [0.15, 0.2) is 42.5 Å². The molecule has 0 heterocycles. The first-order chi connectivity index (χ1) is 10.1. The molecule has 2 rings (SSSR count). The highest BCUT2D eigenvalue weighted by molar-refractivity contribution is 5.64. The average molecular weight is 285 g/mol. The molecule has 0 saturated carbocycles. The number of hydrogen-bond donors (Lipinski definition) is 1. The fraction of sp³-hybridized carbons (Fsp3) is 0.368. The van der Waals surface area contributed by atoms with Crippen molar-refractivity contribution in [2.75, 3.05) is 0 Å². The molecule has 0 bridgehead atoms. The van der Waals surface area contributed by atoms with Crippen LogP contribution in [0.25, 0.3) is 11.1 Å². The molecule has 0 aromatic heterocycles. The molecule has 2 aromatic rings. The van der Waals surface area contributed by atoms with Crippen LogP contribution in [0.2, 0.25) is 0 Å². The number of hydrogen-bond acceptors (Lipinski definition) is 1. The second-order valence-electron chi connectivity index (χ2n) is 5.79. The van der Waals surface area contributed by atoms with Crippen LogP contribution in [0.5, 0.6) is 0 Å². The van der Waals surface area contributed by atoms with E-state index in [0.717, 1.165) is 29.5 Å². The lowest BCUT2D eigenvalue weighted by Crippen LogP contribution is -2.22. The van der Waals surface area contributed by atoms with Crippen LogP contribution in [0.3, 0.4) is 0 Å². The van der Waals surface area contributed by atoms with Gasteiger partial charge in [-0.15, -0.1) is 0 Å². The van der Waals surface area contributed by atoms with Gasteiger partial charge in [-0.3, -0.25) is 0 Å². The van der Waals surface area contributed by atoms with Crippen molar-refractivity contribution in [2.24, 2.45) is 0 Å². The normalized spacial score (nSPS) is 11.1. The van der Waals surface area contributed by atoms with Gasteiger partial charge in [0.1, 0.15) is 5.82 Å². The number of nitrogens with one attached hydrogen (secondary N) is 1. The van der Waals surface area contributed by atoms with Crippen molar-refractivity contribution < 1.29 is 4.39 Å². The highest BCUT2D eigenvalue weighted by atomic mass is 19.1. The van der Waals surface area contributed by atoms with E-state index >= 15 is 0 Å². The predicted molar refractivity (Wildman–Crippen MR) is 87.8 cm³/mol. The molecule has 0 radical (unpaired) electrons. The lowest BCUT2D eigenvalue weighted by atomic mass is 10.00. The molecule has 0 fully saturated rings. The molecule has 112 valence electrons. The highest BCUT2D eigenvalue weighted by Gasteiger charge is 2.06. The van der Waals surface area contributed by atoms with Crippen molar-refractivity contribution in [3.05, 3.63) is 59.4 Å². The Kier molecular flexibility index (Phi) is 5.51. The second kappa shape index (κ2) is 7.37. The lowest BCUT2D eigenvalue weighted by Gasteiger charge is -2.11. The Morgan fingerprint density at radius 2 is 1.81 bits per heavy atom. The summed E-state index contributed by atoms with van der Waals surface area (Å²) in [5.74, 6) is -0.137. The molecule has 0 aliphatic rings. The van der Waals surface area contributed by atoms with Gasteiger partial charge in [0, 0.05) is 18.2 Å². The zero-order valence-electron chi connectivity index (χ0n) is 13.1. The summed E-state index contributed by atoms with van der Waals surface area (Å²) in [4.78, 5) is 0. The molecule has 21 heavy (non-hydrogen) atoms. The van der Waals surface area contributed by atoms with Crippen molar-refractivity contribution >= 4 is 0 Å². The highest BCUT2D eigenvalue weighted by Crippen LogP contribution is 2.23. The Bertz CT molecular complexity index is 590. The maximum Gasteiger partial charge on any atom is 0.128 e. The standard InChI is InChI=1S/C19H24FN/c1-4-6-15-7-5-8-16(11-15)17-9-10-18(19(20)12-17)13-21-14(2)3/h5,7-12,14,21H,4,6,13H2,1-3H3. The van der Waals surface area contributed by atoms with Gasteiger partial charge in [-0.05, 0) is 29.2 Å². The first-order valence-corrected chi connectivity index (χ1v) is 7.71. The molecule has 2 aromatic carbocycles. The van der Waals surface area contributed by atoms with Crippen LogP contribution >= 0.6 is 0 Å². The van der Waals surface area contributed by atoms with Crippen molar-refractivity contribution in [1.82, 2.24) is 5.32 Å². The Labute approximate surface area is 127 Å². The first-order valence-electron chi connectivity index (χ1n) is 7.71. The van der Waals surface area contributed by atoms with E-state index in [2.05, 4.69) is 38.2 Å². The molecule has 0 unspecified atom stereocenters. The van der Waals surface area contributed by atoms with E-state index in [1.165, 1.54) is 5.56 Å². The number of benzene rings is 2. The lowest BCUT2D eigenvalue weighted by molar-refractivity contribution is 0.553. The van der Waals surface area contributed by atoms with E-state index < -0.39 is 0 Å². The van der Waals surface area contributed by atoms with E-state index in [9.17, 15) is 4.39 Å². The summed E-state index contributed by atoms with van der Waals surface area (Å²) in [7, 11) is 0. The Balaban J connectivity index is 2.21. The monoisotopic (exact) mass is 285 g/mol. The predicted octanol–water partition coefficient (Wildman–Crippen LogP) is 4.94. The molecule has 0 saturated heterocycles. The summed E-state index contributed by atoms with van der Waals surface area (Å²) in [5.41, 5.74) is 4.06. The van der Waals surface area contributed by atoms with Gasteiger partial charge >= 0.3 is 0 Å². The minimum absolute atomic E-state index is 0.137. The smallest absolute Gasteiger partial charge is 0.128 e. The van der Waals surface area contributed by atoms with Gasteiger partial charge in [0.25, 0.3) is 0 Å². The van der Waals surface area contributed by atoms with Gasteiger partial charge in [-0.1, -0.05) is 63.6 Å². The third-order valence-corrected chi connectivity index (χ3v) is 3.55. The second-order valence-corrected chi connectivity index (χ2v) is 5.79. The van der Waals surface area contributed by atoms with Crippen LogP contribution in [-0.2, 0) is 13.0 Å². The molecule has 0 amide bonds. The summed E-state index contributed by atoms with van der Waals surface area (Å²) in [6.45, 7) is 6.86. The van der Waals surface area contributed by atoms with Crippen molar-refractivity contribution in [1.29, 1.82) is 0 Å². The summed E-state index contributed by atoms with van der Waals surface area (Å²) >= 11 is 0. The summed E-state index contributed by atoms with van der Waals surface area (Å²) in [6.07, 6.45) is 2.18. The molecule has 0 atom stereocenters. The van der Waals surface area contributed by atoms with Gasteiger partial charge in [-0.2, -0.15) is 0 Å². The minimum atomic E-state index is -0.137. The summed E-state index contributed by atoms with van der Waals surface area (Å²) in [5, 5.41) is 3.25. The minimum Gasteiger partial charge on any atom is -0.310 e. The third kappa shape index (κ3) is 4.40. The topological polar surface area (TPSA) is 12.0 Å². The van der Waals surface area contributed by atoms with Gasteiger partial charge < -0.3 is 5.32 Å². The molecule has 0 aliphatic carbocycles. The molecular weight excluding hydrogens is 261 g/mol. The van der Waals surface area contributed by atoms with Gasteiger partial charge in [0.05, 0.1) is 0 Å². The number of aryl methyl sites for hydroxylation is 1. The van der Waals surface area contributed by atoms with E-state index in [-0.39, 0.29) is 5.82 Å². The average Bonchev–Trinajstić information content (AvgIpc) is 2.46. The van der Waals surface area contributed by atoms with Gasteiger partial charge in [0.15, 0.2) is 0 Å². The van der Waals surface area contributed by atoms with Crippen molar-refractivity contribution in [2.45, 2.75) is 46.2 Å². The zero-order chi connectivity index (χ0) is 15.2. The fourth-order valence-corrected chi connectivity index (χ4v) is 2.38. The molecular formula is C19H24FN. The Hall–Kier alpha value is -1.67. The van der Waals surface area contributed by atoms with Crippen LogP contribution in [0, 0.1) is 5.82 Å². The SMILES string of the molecule is CCCc1cccc(-c2ccc(CNC(C)C)c(F)c2)c1. The van der Waals surface area contributed by atoms with Crippen LogP contribution in [0.1, 0.15) is 38.3 Å². The van der Waals surface area contributed by atoms with Crippen LogP contribution in [-0.4, -0.2) is 6.04 Å². The largest absolute Gasteiger partial charge is 0.310 e. The molecule has 1 N–H and O–H groups in total. The van der Waals surface area contributed by atoms with Crippen LogP contribution in [0.4, 0.5) is 4.39 Å². The third-order valence-electron chi connectivity index (χ3n) is 3.55. The van der Waals surface area contributed by atoms with E-state index in [0.29, 0.717) is 12.6 Å². The van der Waals surface area contributed by atoms with E-state index in [4.69, 9.17) is 0 Å². The number of halogens is 1. The van der Waals surface area contributed by atoms with E-state index in [1.807, 2.05) is 24.3 Å². The van der Waals surface area contributed by atoms with Crippen molar-refractivity contribution in [3.63, 3.8) is 0 Å². The van der Waals surface area contributed by atoms with Gasteiger partial charge in [0.2, 0.25) is 0 Å². The fourth-order valence-electron chi connectivity index (χ4n) is 2.38. The first kappa shape index (κ1) is 15.7. The Morgan fingerprint density at radius 1 is 1.05 bits per heavy atom. The molecule has 1 nitrogen and oxygen atoms in total. The molecule has 0 spiro atoms. The quantitative estimate of drug-likeness (QED) is 0.792. The van der Waals surface area contributed by atoms with E-state index in [1.54, 1.807) is 6.07 Å². The maximum absolute atomic E-state index is 14.2. The van der Waals surface area contributed by atoms with Crippen LogP contribution < -0.4 is 5.32 Å². The Morgan fingerprint density at radius 3 is 2.48 bits per heavy atom. The van der Waals surface area contributed by atoms with Gasteiger partial charge in [-0.25, -0.2) is 4.39 Å². The molecule has 0 aliphatic heterocycles. The summed E-state index contributed by atoms with van der Waals surface area (Å²) < 4.78 is 14.2. The summed E-state index contributed by atoms with van der Waals surface area (Å²) in [6, 6.07) is 14.3. The van der Waals surface area contributed by atoms with Crippen molar-refractivity contribution in [3.8, 4) is 11.1 Å². The number of rotatable bonds is 6.